The van der Waals surface area contributed by atoms with Gasteiger partial charge in [-0.3, -0.25) is 0 Å². The van der Waals surface area contributed by atoms with Crippen LogP contribution in [0.2, 0.25) is 9.94 Å². The Labute approximate surface area is 63.4 Å². The molecule has 54 valence electrons. The van der Waals surface area contributed by atoms with Crippen molar-refractivity contribution in [2.24, 2.45) is 0 Å². The van der Waals surface area contributed by atoms with Crippen molar-refractivity contribution >= 4 is 37.9 Å². The van der Waals surface area contributed by atoms with Gasteiger partial charge in [0.1, 0.15) is 0 Å². The van der Waals surface area contributed by atoms with Gasteiger partial charge < -0.3 is 0 Å². The molecule has 0 radical (unpaired) electrons. The molecule has 0 aromatic rings. The van der Waals surface area contributed by atoms with Gasteiger partial charge in [0.25, 0.3) is 0 Å². The van der Waals surface area contributed by atoms with E-state index in [-0.39, 0.29) is 4.15 Å². The molecule has 0 spiro atoms. The summed E-state index contributed by atoms with van der Waals surface area (Å²) >= 11 is 4.32. The fraction of sp³-hybridized carbons (Fsp3) is 1.00. The van der Waals surface area contributed by atoms with E-state index in [0.29, 0.717) is 0 Å². The Kier molecular flexibility index (Phi) is 2.90. The van der Waals surface area contributed by atoms with E-state index >= 15 is 0 Å². The molecule has 0 fully saturated rings. The summed E-state index contributed by atoms with van der Waals surface area (Å²) in [4.78, 5) is 4.13. The van der Waals surface area contributed by atoms with E-state index in [1.165, 1.54) is 0 Å². The van der Waals surface area contributed by atoms with Gasteiger partial charge in [-0.05, 0) is 0 Å². The standard InChI is InChI=1S/C4H12Br2OTe/c1-4(7)8(2,3,5)6/h4,7-8H,1-3H3. The van der Waals surface area contributed by atoms with Crippen LogP contribution in [0, 0.1) is 0 Å². The number of hydrogen-bond donors (Lipinski definition) is 1. The summed E-state index contributed by atoms with van der Waals surface area (Å²) in [7, 11) is 0. The Balaban J connectivity index is 4.14. The Hall–Kier alpha value is 1.71. The van der Waals surface area contributed by atoms with Gasteiger partial charge in [-0.25, -0.2) is 0 Å². The summed E-state index contributed by atoms with van der Waals surface area (Å²) in [6.45, 7) is 1.81. The fourth-order valence-electron chi connectivity index (χ4n) is 0. The van der Waals surface area contributed by atoms with Gasteiger partial charge in [0.05, 0.1) is 0 Å². The zero-order chi connectivity index (χ0) is 7.02. The molecule has 0 saturated heterocycles. The summed E-state index contributed by atoms with van der Waals surface area (Å²) in [5.74, 6) is 0. The molecule has 0 amide bonds. The van der Waals surface area contributed by atoms with E-state index in [2.05, 4.69) is 35.5 Å². The normalized spacial score (nSPS) is 21.5. The molecule has 4 heteroatoms. The predicted molar refractivity (Wildman–Crippen MR) is 48.4 cm³/mol. The average molecular weight is 364 g/mol. The molecule has 1 unspecified atom stereocenters. The van der Waals surface area contributed by atoms with Gasteiger partial charge in [0.15, 0.2) is 0 Å². The van der Waals surface area contributed by atoms with E-state index in [0.717, 1.165) is 0 Å². The Bertz CT molecular complexity index is 84.7. The van der Waals surface area contributed by atoms with Crippen LogP contribution in [0.15, 0.2) is 0 Å². The topological polar surface area (TPSA) is 20.2 Å². The average Bonchev–Trinajstić information content (AvgIpc) is 1.27. The minimum atomic E-state index is -2.71. The van der Waals surface area contributed by atoms with Crippen molar-refractivity contribution in [3.8, 4) is 0 Å². The summed E-state index contributed by atoms with van der Waals surface area (Å²) in [6, 6.07) is 0. The van der Waals surface area contributed by atoms with Crippen LogP contribution in [0.25, 0.3) is 0 Å². The maximum atomic E-state index is 9.14. The van der Waals surface area contributed by atoms with Gasteiger partial charge in [-0.15, -0.1) is 0 Å². The first kappa shape index (κ1) is 9.71. The van der Waals surface area contributed by atoms with Gasteiger partial charge in [-0.1, -0.05) is 0 Å². The van der Waals surface area contributed by atoms with Crippen LogP contribution >= 0.6 is 25.5 Å². The maximum absolute atomic E-state index is 9.14. The molecule has 8 heavy (non-hydrogen) atoms. The summed E-state index contributed by atoms with van der Waals surface area (Å²) < 4.78 is -0.220. The van der Waals surface area contributed by atoms with Crippen molar-refractivity contribution in [3.05, 3.63) is 0 Å². The first-order chi connectivity index (χ1) is 3.20. The van der Waals surface area contributed by atoms with Gasteiger partial charge in [0, 0.05) is 0 Å². The van der Waals surface area contributed by atoms with Crippen molar-refractivity contribution in [2.45, 2.75) is 21.0 Å². The number of aliphatic hydroxyl groups is 1. The second kappa shape index (κ2) is 2.39. The third kappa shape index (κ3) is 3.68. The number of halogens is 2. The van der Waals surface area contributed by atoms with Crippen molar-refractivity contribution in [2.75, 3.05) is 0 Å². The van der Waals surface area contributed by atoms with Crippen LogP contribution in [-0.4, -0.2) is 21.7 Å². The molecule has 0 aromatic carbocycles. The third-order valence-corrected chi connectivity index (χ3v) is 14.9. The number of hydrogen-bond acceptors (Lipinski definition) is 1. The third-order valence-electron chi connectivity index (χ3n) is 1.03. The van der Waals surface area contributed by atoms with E-state index in [1.807, 2.05) is 6.92 Å². The van der Waals surface area contributed by atoms with Crippen LogP contribution in [0.3, 0.4) is 0 Å². The fourth-order valence-corrected chi connectivity index (χ4v) is 0. The van der Waals surface area contributed by atoms with Gasteiger partial charge in [-0.2, -0.15) is 0 Å². The first-order valence-electron chi connectivity index (χ1n) is 2.33. The van der Waals surface area contributed by atoms with E-state index in [9.17, 15) is 0 Å². The summed E-state index contributed by atoms with van der Waals surface area (Å²) in [6.07, 6.45) is 0. The molecule has 1 N–H and O–H groups in total. The van der Waals surface area contributed by atoms with Crippen molar-refractivity contribution in [1.82, 2.24) is 0 Å². The van der Waals surface area contributed by atoms with Crippen LogP contribution in [-0.2, 0) is 0 Å². The van der Waals surface area contributed by atoms with Crippen LogP contribution in [0.4, 0.5) is 0 Å². The molecule has 0 bridgehead atoms. The molecule has 1 nitrogen and oxygen atoms in total. The van der Waals surface area contributed by atoms with Crippen molar-refractivity contribution in [1.29, 1.82) is 0 Å². The molecule has 0 aromatic heterocycles. The molecule has 0 aliphatic heterocycles. The molecule has 0 rings (SSSR count). The van der Waals surface area contributed by atoms with Gasteiger partial charge in [0.2, 0.25) is 0 Å². The number of rotatable bonds is 1. The van der Waals surface area contributed by atoms with E-state index in [1.54, 1.807) is 0 Å². The summed E-state index contributed by atoms with van der Waals surface area (Å²) in [5, 5.41) is 9.14. The zero-order valence-corrected chi connectivity index (χ0v) is 11.0. The molecule has 0 aliphatic rings. The molecular formula is C4H12Br2OTe. The molecule has 0 heterocycles. The van der Waals surface area contributed by atoms with Crippen LogP contribution < -0.4 is 0 Å². The summed E-state index contributed by atoms with van der Waals surface area (Å²) in [5.41, 5.74) is 0. The number of aliphatic hydroxyl groups excluding tert-OH is 1. The Morgan fingerprint density at radius 1 is 1.38 bits per heavy atom. The zero-order valence-electron chi connectivity index (χ0n) is 5.23. The predicted octanol–water partition coefficient (Wildman–Crippen LogP) is 2.08. The monoisotopic (exact) mass is 364 g/mol. The van der Waals surface area contributed by atoms with Crippen LogP contribution in [0.1, 0.15) is 6.92 Å². The molecule has 0 aliphatic carbocycles. The Morgan fingerprint density at radius 2 is 1.50 bits per heavy atom. The van der Waals surface area contributed by atoms with Crippen LogP contribution in [0.5, 0.6) is 0 Å². The quantitative estimate of drug-likeness (QED) is 0.708. The first-order valence-corrected chi connectivity index (χ1v) is 20.4. The van der Waals surface area contributed by atoms with Crippen molar-refractivity contribution < 1.29 is 5.11 Å². The van der Waals surface area contributed by atoms with Gasteiger partial charge >= 0.3 is 64.0 Å². The molecule has 1 atom stereocenters. The minimum absolute atomic E-state index is 0.220. The SMILES string of the molecule is CC(O)[TeH](C)(C)(Br)Br. The molecular weight excluding hydrogens is 351 g/mol. The second-order valence-electron chi connectivity index (χ2n) is 2.53. The van der Waals surface area contributed by atoms with E-state index < -0.39 is 12.4 Å². The second-order valence-corrected chi connectivity index (χ2v) is 51.2. The molecule has 0 saturated carbocycles. The Morgan fingerprint density at radius 3 is 1.50 bits per heavy atom. The van der Waals surface area contributed by atoms with E-state index in [4.69, 9.17) is 5.11 Å². The van der Waals surface area contributed by atoms with Crippen molar-refractivity contribution in [3.63, 3.8) is 0 Å².